The molecule has 1 aliphatic heterocycles. The maximum Gasteiger partial charge on any atom is 0.417 e. The summed E-state index contributed by atoms with van der Waals surface area (Å²) >= 11 is 1.51. The van der Waals surface area contributed by atoms with Crippen molar-refractivity contribution in [3.63, 3.8) is 0 Å². The molecular formula is C8H6F3NS. The van der Waals surface area contributed by atoms with E-state index in [0.717, 1.165) is 22.5 Å². The van der Waals surface area contributed by atoms with Crippen LogP contribution < -0.4 is 0 Å². The van der Waals surface area contributed by atoms with Crippen LogP contribution in [0.4, 0.5) is 13.2 Å². The second-order valence-corrected chi connectivity index (χ2v) is 3.87. The summed E-state index contributed by atoms with van der Waals surface area (Å²) in [5.74, 6) is 0.837. The summed E-state index contributed by atoms with van der Waals surface area (Å²) < 4.78 is 36.6. The van der Waals surface area contributed by atoms with E-state index in [0.29, 0.717) is 6.42 Å². The molecule has 0 fully saturated rings. The highest BCUT2D eigenvalue weighted by atomic mass is 32.2. The zero-order valence-electron chi connectivity index (χ0n) is 6.56. The van der Waals surface area contributed by atoms with Gasteiger partial charge in [0.05, 0.1) is 10.6 Å². The van der Waals surface area contributed by atoms with Gasteiger partial charge in [0.25, 0.3) is 0 Å². The second-order valence-electron chi connectivity index (χ2n) is 2.78. The monoisotopic (exact) mass is 205 g/mol. The van der Waals surface area contributed by atoms with Gasteiger partial charge in [-0.15, -0.1) is 11.8 Å². The van der Waals surface area contributed by atoms with Gasteiger partial charge >= 0.3 is 6.18 Å². The number of rotatable bonds is 0. The van der Waals surface area contributed by atoms with Crippen LogP contribution in [0.2, 0.25) is 0 Å². The van der Waals surface area contributed by atoms with Gasteiger partial charge in [0, 0.05) is 11.9 Å². The highest BCUT2D eigenvalue weighted by molar-refractivity contribution is 7.99. The third-order valence-electron chi connectivity index (χ3n) is 1.86. The van der Waals surface area contributed by atoms with Crippen molar-refractivity contribution in [2.45, 2.75) is 17.6 Å². The van der Waals surface area contributed by atoms with Gasteiger partial charge in [-0.2, -0.15) is 13.2 Å². The Morgan fingerprint density at radius 3 is 2.85 bits per heavy atom. The summed E-state index contributed by atoms with van der Waals surface area (Å²) in [6.07, 6.45) is -2.68. The molecule has 1 aromatic rings. The molecule has 5 heteroatoms. The SMILES string of the molecule is FC(F)(F)c1cnc2c(c1)CCS2. The average molecular weight is 205 g/mol. The molecule has 0 bridgehead atoms. The fourth-order valence-corrected chi connectivity index (χ4v) is 2.21. The molecule has 0 saturated carbocycles. The normalized spacial score (nSPS) is 15.9. The summed E-state index contributed by atoms with van der Waals surface area (Å²) in [5.41, 5.74) is 0.0774. The summed E-state index contributed by atoms with van der Waals surface area (Å²) in [6.45, 7) is 0. The lowest BCUT2D eigenvalue weighted by molar-refractivity contribution is -0.137. The van der Waals surface area contributed by atoms with Crippen LogP contribution in [0.3, 0.4) is 0 Å². The van der Waals surface area contributed by atoms with Crippen LogP contribution >= 0.6 is 11.8 Å². The van der Waals surface area contributed by atoms with Crippen molar-refractivity contribution >= 4 is 11.8 Å². The van der Waals surface area contributed by atoms with Crippen LogP contribution in [0.25, 0.3) is 0 Å². The molecular weight excluding hydrogens is 199 g/mol. The van der Waals surface area contributed by atoms with E-state index in [1.54, 1.807) is 0 Å². The van der Waals surface area contributed by atoms with E-state index in [1.165, 1.54) is 17.8 Å². The molecule has 13 heavy (non-hydrogen) atoms. The van der Waals surface area contributed by atoms with Gasteiger partial charge in [-0.25, -0.2) is 4.98 Å². The average Bonchev–Trinajstić information content (AvgIpc) is 2.47. The molecule has 2 rings (SSSR count). The fraction of sp³-hybridized carbons (Fsp3) is 0.375. The minimum Gasteiger partial charge on any atom is -0.249 e. The van der Waals surface area contributed by atoms with Crippen LogP contribution in [0.15, 0.2) is 17.3 Å². The summed E-state index contributed by atoms with van der Waals surface area (Å²) in [6, 6.07) is 1.20. The molecule has 1 aromatic heterocycles. The third-order valence-corrected chi connectivity index (χ3v) is 2.91. The van der Waals surface area contributed by atoms with Crippen LogP contribution in [-0.2, 0) is 12.6 Å². The second kappa shape index (κ2) is 2.90. The first-order chi connectivity index (χ1) is 6.07. The number of fused-ring (bicyclic) bond motifs is 1. The van der Waals surface area contributed by atoms with Crippen LogP contribution in [0.5, 0.6) is 0 Å². The van der Waals surface area contributed by atoms with Crippen molar-refractivity contribution in [2.24, 2.45) is 0 Å². The lowest BCUT2D eigenvalue weighted by Crippen LogP contribution is -2.06. The van der Waals surface area contributed by atoms with Crippen molar-refractivity contribution in [2.75, 3.05) is 5.75 Å². The predicted molar refractivity (Wildman–Crippen MR) is 43.7 cm³/mol. The predicted octanol–water partition coefficient (Wildman–Crippen LogP) is 2.75. The summed E-state index contributed by atoms with van der Waals surface area (Å²) in [5, 5.41) is 0.744. The summed E-state index contributed by atoms with van der Waals surface area (Å²) in [7, 11) is 0. The van der Waals surface area contributed by atoms with Gasteiger partial charge in [0.1, 0.15) is 0 Å². The largest absolute Gasteiger partial charge is 0.417 e. The van der Waals surface area contributed by atoms with E-state index >= 15 is 0 Å². The van der Waals surface area contributed by atoms with E-state index in [4.69, 9.17) is 0 Å². The quantitative estimate of drug-likeness (QED) is 0.646. The number of halogens is 3. The van der Waals surface area contributed by atoms with Crippen LogP contribution in [0.1, 0.15) is 11.1 Å². The maximum atomic E-state index is 12.2. The first-order valence-corrected chi connectivity index (χ1v) is 4.75. The van der Waals surface area contributed by atoms with Crippen LogP contribution in [-0.4, -0.2) is 10.7 Å². The van der Waals surface area contributed by atoms with Gasteiger partial charge in [0.2, 0.25) is 0 Å². The van der Waals surface area contributed by atoms with E-state index in [1.807, 2.05) is 0 Å². The number of pyridine rings is 1. The molecule has 0 amide bonds. The minimum atomic E-state index is -4.27. The molecule has 70 valence electrons. The molecule has 0 saturated heterocycles. The van der Waals surface area contributed by atoms with Gasteiger partial charge in [-0.05, 0) is 18.1 Å². The Bertz CT molecular complexity index is 335. The smallest absolute Gasteiger partial charge is 0.249 e. The molecule has 2 heterocycles. The van der Waals surface area contributed by atoms with Crippen molar-refractivity contribution in [3.05, 3.63) is 23.4 Å². The van der Waals surface area contributed by atoms with Gasteiger partial charge in [0.15, 0.2) is 0 Å². The molecule has 0 aromatic carbocycles. The lowest BCUT2D eigenvalue weighted by Gasteiger charge is -2.06. The fourth-order valence-electron chi connectivity index (χ4n) is 1.22. The molecule has 0 N–H and O–H groups in total. The first kappa shape index (κ1) is 8.87. The molecule has 1 aliphatic rings. The van der Waals surface area contributed by atoms with Gasteiger partial charge in [-0.3, -0.25) is 0 Å². The van der Waals surface area contributed by atoms with E-state index < -0.39 is 11.7 Å². The Balaban J connectivity index is 2.42. The molecule has 0 spiro atoms. The molecule has 0 atom stereocenters. The van der Waals surface area contributed by atoms with Gasteiger partial charge < -0.3 is 0 Å². The maximum absolute atomic E-state index is 12.2. The number of aromatic nitrogens is 1. The van der Waals surface area contributed by atoms with E-state index in [-0.39, 0.29) is 0 Å². The van der Waals surface area contributed by atoms with Crippen molar-refractivity contribution in [1.29, 1.82) is 0 Å². The topological polar surface area (TPSA) is 12.9 Å². The van der Waals surface area contributed by atoms with E-state index in [2.05, 4.69) is 4.98 Å². The number of aryl methyl sites for hydroxylation is 1. The summed E-state index contributed by atoms with van der Waals surface area (Å²) in [4.78, 5) is 3.77. The Hall–Kier alpha value is -0.710. The Morgan fingerprint density at radius 2 is 2.15 bits per heavy atom. The Labute approximate surface area is 77.4 Å². The Kier molecular flexibility index (Phi) is 1.98. The highest BCUT2D eigenvalue weighted by Gasteiger charge is 2.32. The van der Waals surface area contributed by atoms with Gasteiger partial charge in [-0.1, -0.05) is 0 Å². The van der Waals surface area contributed by atoms with E-state index in [9.17, 15) is 13.2 Å². The van der Waals surface area contributed by atoms with Crippen molar-refractivity contribution in [3.8, 4) is 0 Å². The zero-order chi connectivity index (χ0) is 9.47. The minimum absolute atomic E-state index is 0.645. The number of thioether (sulfide) groups is 1. The van der Waals surface area contributed by atoms with Crippen LogP contribution in [0, 0.1) is 0 Å². The van der Waals surface area contributed by atoms with Crippen molar-refractivity contribution in [1.82, 2.24) is 4.98 Å². The highest BCUT2D eigenvalue weighted by Crippen LogP contribution is 2.34. The third kappa shape index (κ3) is 1.65. The number of hydrogen-bond donors (Lipinski definition) is 0. The lowest BCUT2D eigenvalue weighted by atomic mass is 10.1. The zero-order valence-corrected chi connectivity index (χ0v) is 7.37. The Morgan fingerprint density at radius 1 is 1.38 bits per heavy atom. The standard InChI is InChI=1S/C8H6F3NS/c9-8(10,11)6-3-5-1-2-13-7(5)12-4-6/h3-4H,1-2H2. The van der Waals surface area contributed by atoms with Crippen molar-refractivity contribution < 1.29 is 13.2 Å². The first-order valence-electron chi connectivity index (χ1n) is 3.76. The molecule has 0 radical (unpaired) electrons. The number of hydrogen-bond acceptors (Lipinski definition) is 2. The number of nitrogens with zero attached hydrogens (tertiary/aromatic N) is 1. The molecule has 1 nitrogen and oxygen atoms in total. The molecule has 0 aliphatic carbocycles. The number of alkyl halides is 3. The molecule has 0 unspecified atom stereocenters.